The number of rotatable bonds is 6. The topological polar surface area (TPSA) is 47.0 Å². The Labute approximate surface area is 109 Å². The van der Waals surface area contributed by atoms with Crippen molar-refractivity contribution in [2.24, 2.45) is 5.41 Å². The second-order valence-electron chi connectivity index (χ2n) is 5.23. The van der Waals surface area contributed by atoms with Crippen LogP contribution in [-0.2, 0) is 4.74 Å². The predicted octanol–water partition coefficient (Wildman–Crippen LogP) is 2.88. The van der Waals surface area contributed by atoms with Crippen molar-refractivity contribution in [2.45, 2.75) is 38.5 Å². The molecule has 1 aromatic heterocycles. The molecule has 100 valence electrons. The Hall–Kier alpha value is -1.16. The maximum Gasteiger partial charge on any atom is 0.222 e. The Morgan fingerprint density at radius 1 is 1.22 bits per heavy atom. The van der Waals surface area contributed by atoms with Crippen molar-refractivity contribution in [3.63, 3.8) is 0 Å². The monoisotopic (exact) mass is 249 g/mol. The van der Waals surface area contributed by atoms with Gasteiger partial charge in [-0.1, -0.05) is 19.3 Å². The molecule has 4 nitrogen and oxygen atoms in total. The fourth-order valence-corrected chi connectivity index (χ4v) is 2.79. The minimum absolute atomic E-state index is 0.369. The summed E-state index contributed by atoms with van der Waals surface area (Å²) in [6, 6.07) is 1.84. The number of hydrogen-bond donors (Lipinski definition) is 1. The van der Waals surface area contributed by atoms with E-state index in [1.54, 1.807) is 19.5 Å². The summed E-state index contributed by atoms with van der Waals surface area (Å²) in [5, 5.41) is 3.39. The minimum atomic E-state index is 0.369. The van der Waals surface area contributed by atoms with E-state index in [0.29, 0.717) is 5.41 Å². The summed E-state index contributed by atoms with van der Waals surface area (Å²) in [5.74, 6) is 0.736. The van der Waals surface area contributed by atoms with E-state index in [1.165, 1.54) is 32.1 Å². The summed E-state index contributed by atoms with van der Waals surface area (Å²) in [4.78, 5) is 8.44. The molecule has 0 atom stereocenters. The summed E-state index contributed by atoms with van der Waals surface area (Å²) in [7, 11) is 1.78. The first-order chi connectivity index (χ1) is 8.85. The summed E-state index contributed by atoms with van der Waals surface area (Å²) in [6.45, 7) is 1.80. The highest BCUT2D eigenvalue weighted by molar-refractivity contribution is 5.22. The zero-order valence-electron chi connectivity index (χ0n) is 11.2. The predicted molar refractivity (Wildman–Crippen MR) is 72.5 cm³/mol. The first kappa shape index (κ1) is 13.3. The summed E-state index contributed by atoms with van der Waals surface area (Å²) >= 11 is 0. The number of methoxy groups -OCH3 is 1. The molecule has 1 aliphatic carbocycles. The van der Waals surface area contributed by atoms with Crippen LogP contribution in [0, 0.1) is 5.41 Å². The molecule has 2 rings (SSSR count). The van der Waals surface area contributed by atoms with E-state index in [2.05, 4.69) is 15.3 Å². The zero-order chi connectivity index (χ0) is 12.7. The Morgan fingerprint density at radius 2 is 1.94 bits per heavy atom. The second kappa shape index (κ2) is 6.69. The number of anilines is 1. The lowest BCUT2D eigenvalue weighted by Crippen LogP contribution is -2.33. The van der Waals surface area contributed by atoms with E-state index in [1.807, 2.05) is 6.07 Å². The molecule has 1 saturated carbocycles. The van der Waals surface area contributed by atoms with Gasteiger partial charge in [-0.05, 0) is 30.7 Å². The summed E-state index contributed by atoms with van der Waals surface area (Å²) in [5.41, 5.74) is 0.369. The smallest absolute Gasteiger partial charge is 0.222 e. The molecule has 0 saturated heterocycles. The molecule has 0 aliphatic heterocycles. The number of hydrogen-bond acceptors (Lipinski definition) is 4. The highest BCUT2D eigenvalue weighted by Crippen LogP contribution is 2.39. The Bertz CT molecular complexity index is 336. The SMILES string of the molecule is COCCC1(CNc2ncccn2)CCCCC1. The number of aromatic nitrogens is 2. The van der Waals surface area contributed by atoms with Crippen molar-refractivity contribution in [3.05, 3.63) is 18.5 Å². The van der Waals surface area contributed by atoms with Crippen LogP contribution in [0.4, 0.5) is 5.95 Å². The van der Waals surface area contributed by atoms with Gasteiger partial charge in [-0.25, -0.2) is 9.97 Å². The highest BCUT2D eigenvalue weighted by Gasteiger charge is 2.31. The molecule has 0 spiro atoms. The van der Waals surface area contributed by atoms with Crippen molar-refractivity contribution in [3.8, 4) is 0 Å². The van der Waals surface area contributed by atoms with Crippen LogP contribution in [0.15, 0.2) is 18.5 Å². The average molecular weight is 249 g/mol. The van der Waals surface area contributed by atoms with E-state index in [9.17, 15) is 0 Å². The van der Waals surface area contributed by atoms with Crippen LogP contribution in [0.5, 0.6) is 0 Å². The lowest BCUT2D eigenvalue weighted by Gasteiger charge is -2.37. The Balaban J connectivity index is 1.92. The van der Waals surface area contributed by atoms with Gasteiger partial charge in [-0.2, -0.15) is 0 Å². The normalized spacial score (nSPS) is 18.5. The van der Waals surface area contributed by atoms with Gasteiger partial charge >= 0.3 is 0 Å². The molecule has 0 radical (unpaired) electrons. The first-order valence-corrected chi connectivity index (χ1v) is 6.84. The van der Waals surface area contributed by atoms with Gasteiger partial charge in [0, 0.05) is 32.7 Å². The van der Waals surface area contributed by atoms with Crippen LogP contribution in [0.25, 0.3) is 0 Å². The lowest BCUT2D eigenvalue weighted by molar-refractivity contribution is 0.111. The maximum absolute atomic E-state index is 5.26. The van der Waals surface area contributed by atoms with E-state index in [-0.39, 0.29) is 0 Å². The first-order valence-electron chi connectivity index (χ1n) is 6.84. The molecule has 0 amide bonds. The van der Waals surface area contributed by atoms with Crippen LogP contribution in [0.3, 0.4) is 0 Å². The third-order valence-corrected chi connectivity index (χ3v) is 3.94. The minimum Gasteiger partial charge on any atom is -0.385 e. The molecule has 0 aromatic carbocycles. The molecule has 1 N–H and O–H groups in total. The van der Waals surface area contributed by atoms with Crippen molar-refractivity contribution in [1.82, 2.24) is 9.97 Å². The molecule has 1 aromatic rings. The fourth-order valence-electron chi connectivity index (χ4n) is 2.79. The Morgan fingerprint density at radius 3 is 2.61 bits per heavy atom. The number of nitrogens with zero attached hydrogens (tertiary/aromatic N) is 2. The second-order valence-corrected chi connectivity index (χ2v) is 5.23. The zero-order valence-corrected chi connectivity index (χ0v) is 11.2. The molecule has 1 aliphatic rings. The largest absolute Gasteiger partial charge is 0.385 e. The maximum atomic E-state index is 5.26. The average Bonchev–Trinajstić information content (AvgIpc) is 2.45. The molecular formula is C14H23N3O. The van der Waals surface area contributed by atoms with Crippen molar-refractivity contribution < 1.29 is 4.74 Å². The molecule has 1 heterocycles. The molecule has 1 fully saturated rings. The van der Waals surface area contributed by atoms with Gasteiger partial charge in [0.2, 0.25) is 5.95 Å². The van der Waals surface area contributed by atoms with E-state index in [0.717, 1.165) is 25.5 Å². The molecule has 18 heavy (non-hydrogen) atoms. The van der Waals surface area contributed by atoms with Crippen LogP contribution >= 0.6 is 0 Å². The fraction of sp³-hybridized carbons (Fsp3) is 0.714. The van der Waals surface area contributed by atoms with Gasteiger partial charge in [-0.15, -0.1) is 0 Å². The van der Waals surface area contributed by atoms with E-state index >= 15 is 0 Å². The number of ether oxygens (including phenoxy) is 1. The Kier molecular flexibility index (Phi) is 4.93. The van der Waals surface area contributed by atoms with Crippen LogP contribution < -0.4 is 5.32 Å². The third kappa shape index (κ3) is 3.67. The van der Waals surface area contributed by atoms with Gasteiger partial charge < -0.3 is 10.1 Å². The number of nitrogens with one attached hydrogen (secondary N) is 1. The highest BCUT2D eigenvalue weighted by atomic mass is 16.5. The van der Waals surface area contributed by atoms with Crippen LogP contribution in [0.1, 0.15) is 38.5 Å². The van der Waals surface area contributed by atoms with Gasteiger partial charge in [0.1, 0.15) is 0 Å². The van der Waals surface area contributed by atoms with Gasteiger partial charge in [0.25, 0.3) is 0 Å². The lowest BCUT2D eigenvalue weighted by atomic mass is 9.72. The quantitative estimate of drug-likeness (QED) is 0.842. The van der Waals surface area contributed by atoms with Crippen LogP contribution in [-0.4, -0.2) is 30.2 Å². The summed E-state index contributed by atoms with van der Waals surface area (Å²) in [6.07, 6.45) is 11.3. The molecule has 0 unspecified atom stereocenters. The van der Waals surface area contributed by atoms with Gasteiger partial charge in [-0.3, -0.25) is 0 Å². The molecular weight excluding hydrogens is 226 g/mol. The van der Waals surface area contributed by atoms with E-state index in [4.69, 9.17) is 4.74 Å². The van der Waals surface area contributed by atoms with Crippen molar-refractivity contribution in [1.29, 1.82) is 0 Å². The van der Waals surface area contributed by atoms with Crippen molar-refractivity contribution >= 4 is 5.95 Å². The molecule has 4 heteroatoms. The molecule has 0 bridgehead atoms. The third-order valence-electron chi connectivity index (χ3n) is 3.94. The van der Waals surface area contributed by atoms with Gasteiger partial charge in [0.05, 0.1) is 0 Å². The standard InChI is InChI=1S/C14H23N3O/c1-18-11-8-14(6-3-2-4-7-14)12-17-13-15-9-5-10-16-13/h5,9-10H,2-4,6-8,11-12H2,1H3,(H,15,16,17). The van der Waals surface area contributed by atoms with Crippen LogP contribution in [0.2, 0.25) is 0 Å². The van der Waals surface area contributed by atoms with Gasteiger partial charge in [0.15, 0.2) is 0 Å². The van der Waals surface area contributed by atoms with E-state index < -0.39 is 0 Å². The van der Waals surface area contributed by atoms with Crippen molar-refractivity contribution in [2.75, 3.05) is 25.6 Å². The summed E-state index contributed by atoms with van der Waals surface area (Å²) < 4.78 is 5.26.